The Morgan fingerprint density at radius 1 is 0.300 bits per heavy atom. The van der Waals surface area contributed by atoms with Crippen molar-refractivity contribution in [3.8, 4) is 0 Å². The van der Waals surface area contributed by atoms with E-state index in [9.17, 15) is 0 Å². The van der Waals surface area contributed by atoms with E-state index in [0.717, 1.165) is 0 Å². The summed E-state index contributed by atoms with van der Waals surface area (Å²) in [5, 5.41) is 0. The van der Waals surface area contributed by atoms with Gasteiger partial charge in [-0.2, -0.15) is 0 Å². The van der Waals surface area contributed by atoms with Crippen LogP contribution in [-0.4, -0.2) is 0 Å². The Balaban J connectivity index is 0. The van der Waals surface area contributed by atoms with E-state index in [1.807, 2.05) is 0 Å². The van der Waals surface area contributed by atoms with E-state index in [2.05, 4.69) is 0 Å². The van der Waals surface area contributed by atoms with Crippen LogP contribution < -0.4 is 0 Å². The Kier molecular flexibility index (Phi) is 19300. The molecule has 66 valence electrons. The molecule has 7 nitrogen and oxygen atoms in total. The van der Waals surface area contributed by atoms with E-state index in [1.54, 1.807) is 0 Å². The van der Waals surface area contributed by atoms with E-state index in [-0.39, 0.29) is 97.2 Å². The Morgan fingerprint density at radius 3 is 0.300 bits per heavy atom. The molecule has 0 aromatic carbocycles. The summed E-state index contributed by atoms with van der Waals surface area (Å²) in [4.78, 5) is 0. The van der Waals surface area contributed by atoms with Gasteiger partial charge in [0.15, 0.2) is 0 Å². The van der Waals surface area contributed by atoms with E-state index >= 15 is 0 Å². The molecule has 0 aliphatic heterocycles. The van der Waals surface area contributed by atoms with Crippen LogP contribution in [0.15, 0.2) is 0 Å². The predicted octanol–water partition coefficient (Wildman–Crippen LogP) is -0.839. The Hall–Kier alpha value is 1.60. The van der Waals surface area contributed by atoms with Crippen LogP contribution in [0.25, 0.3) is 0 Å². The van der Waals surface area contributed by atoms with Gasteiger partial charge in [-0.1, -0.05) is 0 Å². The minimum atomic E-state index is 0. The maximum absolute atomic E-state index is 0. The topological polar surface area (TPSA) is 200 Å². The molecule has 0 heterocycles. The van der Waals surface area contributed by atoms with Gasteiger partial charge in [0.1, 0.15) is 0 Å². The molecule has 0 saturated carbocycles. The van der Waals surface area contributed by atoms with Crippen molar-refractivity contribution < 1.29 is 97.2 Å². The van der Waals surface area contributed by atoms with Gasteiger partial charge >= 0.3 is 21.7 Å². The van der Waals surface area contributed by atoms with Gasteiger partial charge in [0, 0.05) is 37.1 Å². The molecule has 0 fully saturated rings. The maximum atomic E-state index is 0. The van der Waals surface area contributed by atoms with E-state index in [0.29, 0.717) is 0 Å². The average Bonchev–Trinajstić information content (AvgIpc) is 0. The van der Waals surface area contributed by atoms with Crippen LogP contribution in [0.5, 0.6) is 0 Å². The van der Waals surface area contributed by atoms with Crippen molar-refractivity contribution in [3.05, 3.63) is 0 Å². The fourth-order valence-electron chi connectivity index (χ4n) is 0. The van der Waals surface area contributed by atoms with Crippen LogP contribution in [0.3, 0.4) is 0 Å². The van der Waals surface area contributed by atoms with Crippen LogP contribution in [0, 0.1) is 0 Å². The first-order chi connectivity index (χ1) is 0. The Labute approximate surface area is 96.8 Å². The smallest absolute Gasteiger partial charge is 2.00 e. The minimum absolute atomic E-state index is 0. The second kappa shape index (κ2) is 380. The van der Waals surface area contributed by atoms with Crippen molar-refractivity contribution in [2.45, 2.75) is 0 Å². The number of hydrogen-bond acceptors (Lipinski definition) is 0. The first kappa shape index (κ1) is 508. The molecule has 0 amide bonds. The first-order valence-electron chi connectivity index (χ1n) is 0. The summed E-state index contributed by atoms with van der Waals surface area (Å²) < 4.78 is 0. The summed E-state index contributed by atoms with van der Waals surface area (Å²) >= 11 is 0. The normalized spacial score (nSPS) is 0. The van der Waals surface area contributed by atoms with Crippen LogP contribution in [0.2, 0.25) is 0 Å². The van der Waals surface area contributed by atoms with E-state index < -0.39 is 0 Å². The molecule has 0 aromatic heterocycles. The summed E-state index contributed by atoms with van der Waals surface area (Å²) in [5.41, 5.74) is 0. The SMILES string of the molecule is [O-2].[O-2].[O-2].[O-2].[O-2].[O-2].[O-2].[Ti+4].[V].[V]. The molecule has 0 unspecified atom stereocenters. The third kappa shape index (κ3) is 277. The van der Waals surface area contributed by atoms with Crippen LogP contribution in [0.4, 0.5) is 0 Å². The summed E-state index contributed by atoms with van der Waals surface area (Å²) in [5.74, 6) is 0. The van der Waals surface area contributed by atoms with Gasteiger partial charge < -0.3 is 38.3 Å². The van der Waals surface area contributed by atoms with Crippen LogP contribution in [-0.2, 0) is 97.2 Å². The van der Waals surface area contributed by atoms with Crippen molar-refractivity contribution in [3.63, 3.8) is 0 Å². The predicted molar refractivity (Wildman–Crippen MR) is 4.81 cm³/mol. The standard InChI is InChI=1S/7O.Ti.2V/q7*-2;+4;;. The largest absolute Gasteiger partial charge is 4.00 e. The van der Waals surface area contributed by atoms with Gasteiger partial charge in [-0.25, -0.2) is 0 Å². The molecule has 0 bridgehead atoms. The number of rotatable bonds is 0. The third-order valence-electron chi connectivity index (χ3n) is 0. The molecular weight excluding hydrogens is 262 g/mol. The number of hydrogen-bond donors (Lipinski definition) is 0. The van der Waals surface area contributed by atoms with Gasteiger partial charge in [-0.05, 0) is 0 Å². The van der Waals surface area contributed by atoms with E-state index in [4.69, 9.17) is 0 Å². The fraction of sp³-hybridized carbons (Fsp3) is 0. The van der Waals surface area contributed by atoms with Gasteiger partial charge in [0.05, 0.1) is 0 Å². The second-order valence-corrected chi connectivity index (χ2v) is 0. The molecule has 0 N–H and O–H groups in total. The first-order valence-corrected chi connectivity index (χ1v) is 0. The van der Waals surface area contributed by atoms with Crippen molar-refractivity contribution in [1.82, 2.24) is 0 Å². The molecule has 0 saturated heterocycles. The molecule has 0 atom stereocenters. The zero-order valence-corrected chi connectivity index (χ0v) is 8.61. The molecular formula is O7TiV2-10. The molecule has 2 radical (unpaired) electrons. The van der Waals surface area contributed by atoms with Crippen molar-refractivity contribution in [1.29, 1.82) is 0 Å². The third-order valence-corrected chi connectivity index (χ3v) is 0. The Bertz CT molecular complexity index is 11.6. The molecule has 10 heavy (non-hydrogen) atoms. The van der Waals surface area contributed by atoms with Crippen molar-refractivity contribution in [2.75, 3.05) is 0 Å². The molecule has 0 aromatic rings. The zero-order valence-electron chi connectivity index (χ0n) is 4.25. The van der Waals surface area contributed by atoms with Gasteiger partial charge in [-0.15, -0.1) is 0 Å². The average molecular weight is 262 g/mol. The second-order valence-electron chi connectivity index (χ2n) is 0. The summed E-state index contributed by atoms with van der Waals surface area (Å²) in [7, 11) is 0. The summed E-state index contributed by atoms with van der Waals surface area (Å²) in [6.07, 6.45) is 0. The molecule has 10 heteroatoms. The van der Waals surface area contributed by atoms with E-state index in [1.165, 1.54) is 0 Å². The van der Waals surface area contributed by atoms with Crippen molar-refractivity contribution in [2.24, 2.45) is 0 Å². The zero-order chi connectivity index (χ0) is 0. The monoisotopic (exact) mass is 262 g/mol. The molecule has 0 aliphatic rings. The van der Waals surface area contributed by atoms with Crippen LogP contribution in [0.1, 0.15) is 0 Å². The quantitative estimate of drug-likeness (QED) is 0.490. The Morgan fingerprint density at radius 2 is 0.300 bits per heavy atom. The fourth-order valence-corrected chi connectivity index (χ4v) is 0. The van der Waals surface area contributed by atoms with Gasteiger partial charge in [0.2, 0.25) is 0 Å². The van der Waals surface area contributed by atoms with Crippen molar-refractivity contribution >= 4 is 0 Å². The van der Waals surface area contributed by atoms with Gasteiger partial charge in [-0.3, -0.25) is 0 Å². The molecule has 0 rings (SSSR count). The summed E-state index contributed by atoms with van der Waals surface area (Å²) in [6.45, 7) is 0. The molecule has 0 spiro atoms. The maximum Gasteiger partial charge on any atom is 4.00 e. The van der Waals surface area contributed by atoms with Gasteiger partial charge in [0.25, 0.3) is 0 Å². The minimum Gasteiger partial charge on any atom is -2.00 e. The van der Waals surface area contributed by atoms with Crippen LogP contribution >= 0.6 is 0 Å². The summed E-state index contributed by atoms with van der Waals surface area (Å²) in [6, 6.07) is 0. The molecule has 0 aliphatic carbocycles.